The number of aliphatic hydroxyl groups excluding tert-OH is 1. The Morgan fingerprint density at radius 2 is 2.27 bits per heavy atom. The molecule has 1 saturated carbocycles. The molecule has 3 heteroatoms. The Labute approximate surface area is 71.4 Å². The zero-order valence-electron chi connectivity index (χ0n) is 6.58. The third kappa shape index (κ3) is 3.77. The summed E-state index contributed by atoms with van der Waals surface area (Å²) in [6.45, 7) is 0.241. The lowest BCUT2D eigenvalue weighted by Crippen LogP contribution is -2.04. The second kappa shape index (κ2) is 4.78. The second-order valence-electron chi connectivity index (χ2n) is 2.87. The van der Waals surface area contributed by atoms with Crippen molar-refractivity contribution in [2.45, 2.75) is 19.3 Å². The van der Waals surface area contributed by atoms with Crippen molar-refractivity contribution >= 4 is 17.5 Å². The molecule has 0 aromatic rings. The molecule has 0 radical (unpaired) electrons. The van der Waals surface area contributed by atoms with Crippen LogP contribution in [-0.4, -0.2) is 29.0 Å². The summed E-state index contributed by atoms with van der Waals surface area (Å²) in [5.74, 6) is 2.38. The van der Waals surface area contributed by atoms with E-state index in [-0.39, 0.29) is 6.61 Å². The van der Waals surface area contributed by atoms with Crippen molar-refractivity contribution in [3.63, 3.8) is 0 Å². The summed E-state index contributed by atoms with van der Waals surface area (Å²) in [7, 11) is 0. The van der Waals surface area contributed by atoms with Gasteiger partial charge in [0.05, 0.1) is 5.75 Å². The Kier molecular flexibility index (Phi) is 3.94. The molecule has 1 fully saturated rings. The van der Waals surface area contributed by atoms with Crippen LogP contribution in [0.3, 0.4) is 0 Å². The standard InChI is InChI=1S/C8H14O2S/c9-4-1-5-11-6-8(10)7-2-3-7/h7,9H,1-6H2. The maximum atomic E-state index is 11.1. The van der Waals surface area contributed by atoms with Crippen LogP contribution >= 0.6 is 11.8 Å². The minimum atomic E-state index is 0.241. The van der Waals surface area contributed by atoms with Crippen LogP contribution in [0.15, 0.2) is 0 Å². The zero-order valence-corrected chi connectivity index (χ0v) is 7.40. The number of hydrogen-bond donors (Lipinski definition) is 1. The van der Waals surface area contributed by atoms with Gasteiger partial charge in [0.25, 0.3) is 0 Å². The summed E-state index contributed by atoms with van der Waals surface area (Å²) in [6.07, 6.45) is 3.03. The van der Waals surface area contributed by atoms with Gasteiger partial charge in [0.15, 0.2) is 0 Å². The first-order valence-electron chi connectivity index (χ1n) is 4.06. The Hall–Kier alpha value is -0.0200. The van der Waals surface area contributed by atoms with Crippen LogP contribution in [0.5, 0.6) is 0 Å². The van der Waals surface area contributed by atoms with Gasteiger partial charge >= 0.3 is 0 Å². The molecule has 1 aliphatic carbocycles. The molecule has 0 aliphatic heterocycles. The number of ketones is 1. The summed E-state index contributed by atoms with van der Waals surface area (Å²) in [5.41, 5.74) is 0. The van der Waals surface area contributed by atoms with E-state index in [9.17, 15) is 4.79 Å². The van der Waals surface area contributed by atoms with E-state index >= 15 is 0 Å². The van der Waals surface area contributed by atoms with Crippen LogP contribution in [0, 0.1) is 5.92 Å². The van der Waals surface area contributed by atoms with Crippen molar-refractivity contribution < 1.29 is 9.90 Å². The van der Waals surface area contributed by atoms with E-state index in [1.54, 1.807) is 11.8 Å². The Morgan fingerprint density at radius 1 is 1.55 bits per heavy atom. The van der Waals surface area contributed by atoms with E-state index in [1.807, 2.05) is 0 Å². The average molecular weight is 174 g/mol. The quantitative estimate of drug-likeness (QED) is 0.612. The monoisotopic (exact) mass is 174 g/mol. The minimum Gasteiger partial charge on any atom is -0.396 e. The van der Waals surface area contributed by atoms with Gasteiger partial charge in [-0.15, -0.1) is 0 Å². The highest BCUT2D eigenvalue weighted by Gasteiger charge is 2.28. The molecule has 0 aromatic heterocycles. The van der Waals surface area contributed by atoms with Crippen molar-refractivity contribution in [3.05, 3.63) is 0 Å². The molecule has 0 saturated heterocycles. The normalized spacial score (nSPS) is 16.8. The highest BCUT2D eigenvalue weighted by molar-refractivity contribution is 7.99. The van der Waals surface area contributed by atoms with Gasteiger partial charge in [0.1, 0.15) is 5.78 Å². The number of hydrogen-bond acceptors (Lipinski definition) is 3. The topological polar surface area (TPSA) is 37.3 Å². The third-order valence-corrected chi connectivity index (χ3v) is 2.79. The molecule has 0 amide bonds. The number of aliphatic hydroxyl groups is 1. The van der Waals surface area contributed by atoms with Crippen molar-refractivity contribution in [2.75, 3.05) is 18.1 Å². The van der Waals surface area contributed by atoms with Gasteiger partial charge in [-0.1, -0.05) is 0 Å². The van der Waals surface area contributed by atoms with Gasteiger partial charge in [-0.3, -0.25) is 4.79 Å². The van der Waals surface area contributed by atoms with Crippen LogP contribution in [0.25, 0.3) is 0 Å². The summed E-state index contributed by atoms with van der Waals surface area (Å²) < 4.78 is 0. The third-order valence-electron chi connectivity index (χ3n) is 1.72. The number of Topliss-reactive ketones (excluding diaryl/α,β-unsaturated/α-hetero) is 1. The maximum absolute atomic E-state index is 11.1. The highest BCUT2D eigenvalue weighted by atomic mass is 32.2. The minimum absolute atomic E-state index is 0.241. The van der Waals surface area contributed by atoms with Crippen LogP contribution in [0.1, 0.15) is 19.3 Å². The molecule has 1 rings (SSSR count). The lowest BCUT2D eigenvalue weighted by atomic mass is 10.3. The van der Waals surface area contributed by atoms with E-state index in [0.29, 0.717) is 17.5 Å². The van der Waals surface area contributed by atoms with Gasteiger partial charge in [-0.25, -0.2) is 0 Å². The lowest BCUT2D eigenvalue weighted by molar-refractivity contribution is -0.117. The van der Waals surface area contributed by atoms with Crippen LogP contribution < -0.4 is 0 Å². The molecule has 1 aliphatic rings. The smallest absolute Gasteiger partial charge is 0.145 e. The van der Waals surface area contributed by atoms with E-state index in [0.717, 1.165) is 25.0 Å². The fraction of sp³-hybridized carbons (Fsp3) is 0.875. The molecule has 11 heavy (non-hydrogen) atoms. The largest absolute Gasteiger partial charge is 0.396 e. The number of rotatable bonds is 6. The van der Waals surface area contributed by atoms with Crippen LogP contribution in [0.2, 0.25) is 0 Å². The lowest BCUT2D eigenvalue weighted by Gasteiger charge is -1.97. The highest BCUT2D eigenvalue weighted by Crippen LogP contribution is 2.30. The molecule has 0 unspecified atom stereocenters. The fourth-order valence-electron chi connectivity index (χ4n) is 0.863. The van der Waals surface area contributed by atoms with Crippen LogP contribution in [0.4, 0.5) is 0 Å². The van der Waals surface area contributed by atoms with Gasteiger partial charge in [-0.05, 0) is 25.0 Å². The predicted molar refractivity (Wildman–Crippen MR) is 46.8 cm³/mol. The Bertz CT molecular complexity index is 132. The van der Waals surface area contributed by atoms with Gasteiger partial charge in [0.2, 0.25) is 0 Å². The molecule has 0 aromatic carbocycles. The number of carbonyl (C=O) groups is 1. The molecular formula is C8H14O2S. The van der Waals surface area contributed by atoms with Crippen molar-refractivity contribution in [3.8, 4) is 0 Å². The van der Waals surface area contributed by atoms with Crippen LogP contribution in [-0.2, 0) is 4.79 Å². The molecular weight excluding hydrogens is 160 g/mol. The van der Waals surface area contributed by atoms with E-state index < -0.39 is 0 Å². The number of carbonyl (C=O) groups excluding carboxylic acids is 1. The second-order valence-corrected chi connectivity index (χ2v) is 3.98. The Morgan fingerprint density at radius 3 is 2.82 bits per heavy atom. The van der Waals surface area contributed by atoms with Gasteiger partial charge in [-0.2, -0.15) is 11.8 Å². The SMILES string of the molecule is O=C(CSCCCO)C1CC1. The summed E-state index contributed by atoms with van der Waals surface area (Å²) in [4.78, 5) is 11.1. The molecule has 0 spiro atoms. The molecule has 1 N–H and O–H groups in total. The first-order chi connectivity index (χ1) is 5.34. The van der Waals surface area contributed by atoms with E-state index in [4.69, 9.17) is 5.11 Å². The summed E-state index contributed by atoms with van der Waals surface area (Å²) in [5, 5.41) is 8.45. The maximum Gasteiger partial charge on any atom is 0.145 e. The van der Waals surface area contributed by atoms with E-state index in [1.165, 1.54) is 0 Å². The summed E-state index contributed by atoms with van der Waals surface area (Å²) >= 11 is 1.64. The molecule has 0 bridgehead atoms. The molecule has 2 nitrogen and oxygen atoms in total. The fourth-order valence-corrected chi connectivity index (χ4v) is 1.78. The van der Waals surface area contributed by atoms with Gasteiger partial charge < -0.3 is 5.11 Å². The van der Waals surface area contributed by atoms with E-state index in [2.05, 4.69) is 0 Å². The first-order valence-corrected chi connectivity index (χ1v) is 5.21. The zero-order chi connectivity index (χ0) is 8.10. The Balaban J connectivity index is 1.89. The first kappa shape index (κ1) is 9.07. The predicted octanol–water partition coefficient (Wildman–Crippen LogP) is 1.08. The van der Waals surface area contributed by atoms with Crippen molar-refractivity contribution in [2.24, 2.45) is 5.92 Å². The summed E-state index contributed by atoms with van der Waals surface area (Å²) in [6, 6.07) is 0. The molecule has 0 atom stereocenters. The molecule has 64 valence electrons. The van der Waals surface area contributed by atoms with Gasteiger partial charge in [0, 0.05) is 12.5 Å². The average Bonchev–Trinajstić information content (AvgIpc) is 2.79. The van der Waals surface area contributed by atoms with Crippen molar-refractivity contribution in [1.82, 2.24) is 0 Å². The number of thioether (sulfide) groups is 1. The van der Waals surface area contributed by atoms with Crippen molar-refractivity contribution in [1.29, 1.82) is 0 Å². The molecule has 0 heterocycles.